The topological polar surface area (TPSA) is 9.72 Å². The highest BCUT2D eigenvalue weighted by Crippen LogP contribution is 2.57. The first-order valence-electron chi connectivity index (χ1n) is 29.9. The van der Waals surface area contributed by atoms with E-state index in [-0.39, 0.29) is 45.2 Å². The average Bonchev–Trinajstić information content (AvgIpc) is 3.28. The van der Waals surface area contributed by atoms with Crippen LogP contribution in [0.3, 0.4) is 0 Å². The average molecular weight is 1050 g/mol. The van der Waals surface area contributed by atoms with E-state index in [2.05, 4.69) is 257 Å². The number of thiophene rings is 1. The Bertz CT molecular complexity index is 3610. The minimum absolute atomic E-state index is 0.0208. The van der Waals surface area contributed by atoms with Gasteiger partial charge in [-0.1, -0.05) is 164 Å². The van der Waals surface area contributed by atoms with Crippen LogP contribution in [0.4, 0.5) is 34.1 Å². The van der Waals surface area contributed by atoms with Crippen LogP contribution < -0.4 is 24.9 Å². The molecule has 0 spiro atoms. The molecule has 3 nitrogen and oxygen atoms in total. The van der Waals surface area contributed by atoms with E-state index < -0.39 is 0 Å². The van der Waals surface area contributed by atoms with Crippen molar-refractivity contribution in [2.24, 2.45) is 0 Å². The highest BCUT2D eigenvalue weighted by atomic mass is 32.1. The minimum Gasteiger partial charge on any atom is -0.334 e. The summed E-state index contributed by atoms with van der Waals surface area (Å²) < 4.78 is 2.90. The molecule has 0 N–H and O–H groups in total. The van der Waals surface area contributed by atoms with Crippen LogP contribution in [-0.4, -0.2) is 12.8 Å². The van der Waals surface area contributed by atoms with E-state index in [0.717, 1.165) is 6.42 Å². The van der Waals surface area contributed by atoms with Gasteiger partial charge >= 0.3 is 0 Å². The molecule has 0 fully saturated rings. The molecule has 0 saturated carbocycles. The highest BCUT2D eigenvalue weighted by molar-refractivity contribution is 7.32. The van der Waals surface area contributed by atoms with Gasteiger partial charge in [-0.15, -0.1) is 11.3 Å². The van der Waals surface area contributed by atoms with Crippen molar-refractivity contribution in [1.82, 2.24) is 0 Å². The molecule has 78 heavy (non-hydrogen) atoms. The van der Waals surface area contributed by atoms with Crippen molar-refractivity contribution >= 4 is 72.5 Å². The number of fused-ring (bicyclic) bond motifs is 9. The standard InChI is InChI=1S/C73H84BN3S/c1-45(2)47-27-30-59-61(38-47)77(60-43-57-54(37-46(60)3)70(8,9)33-35-72(57,12)13)63-41-51(75(48-23-18-16-19-24-48)49-25-20-17-21-26-49)40-62-65(63)74(59)67-66(52-42-56-58(44-64(52)78-67)73(14,15)36-34-71(56,10)11)76(62)50-28-29-53-55(39-50)69(6,7)32-22-31-68(53,4)5/h16-21,23-30,37-39,41-45,51H,22,31-36,40H2,1-15H3. The Balaban J connectivity index is 1.18. The Morgan fingerprint density at radius 1 is 0.538 bits per heavy atom. The third kappa shape index (κ3) is 7.91. The zero-order valence-corrected chi connectivity index (χ0v) is 50.6. The number of para-hydroxylation sites is 2. The number of allylic oxidation sites excluding steroid dienone is 1. The van der Waals surface area contributed by atoms with Crippen LogP contribution in [0.15, 0.2) is 144 Å². The normalized spacial score (nSPS) is 21.7. The number of rotatable bonds is 6. The summed E-state index contributed by atoms with van der Waals surface area (Å²) in [5.74, 6) is 0.371. The van der Waals surface area contributed by atoms with Gasteiger partial charge in [0.25, 0.3) is 6.71 Å². The summed E-state index contributed by atoms with van der Waals surface area (Å²) in [5.41, 5.74) is 25.7. The Morgan fingerprint density at radius 3 is 1.68 bits per heavy atom. The third-order valence-corrected chi connectivity index (χ3v) is 21.9. The second-order valence-corrected chi connectivity index (χ2v) is 30.2. The van der Waals surface area contributed by atoms with Gasteiger partial charge in [0.2, 0.25) is 0 Å². The van der Waals surface area contributed by atoms with Crippen molar-refractivity contribution in [3.8, 4) is 0 Å². The number of anilines is 6. The van der Waals surface area contributed by atoms with Crippen LogP contribution in [0.5, 0.6) is 0 Å². The molecule has 0 saturated heterocycles. The van der Waals surface area contributed by atoms with Crippen molar-refractivity contribution in [2.75, 3.05) is 14.7 Å². The van der Waals surface area contributed by atoms with Crippen LogP contribution in [-0.2, 0) is 32.5 Å². The number of benzene rings is 6. The summed E-state index contributed by atoms with van der Waals surface area (Å²) in [6.07, 6.45) is 11.9. The maximum absolute atomic E-state index is 2.85. The predicted octanol–water partition coefficient (Wildman–Crippen LogP) is 19.0. The molecule has 4 aliphatic carbocycles. The fraction of sp³-hybridized carbons (Fsp3) is 0.425. The van der Waals surface area contributed by atoms with Gasteiger partial charge in [-0.25, -0.2) is 0 Å². The lowest BCUT2D eigenvalue weighted by Crippen LogP contribution is -2.57. The van der Waals surface area contributed by atoms with E-state index >= 15 is 0 Å². The number of aryl methyl sites for hydroxylation is 1. The molecule has 1 aromatic heterocycles. The van der Waals surface area contributed by atoms with E-state index in [1.807, 2.05) is 0 Å². The summed E-state index contributed by atoms with van der Waals surface area (Å²) in [6.45, 7) is 37.2. The molecule has 0 amide bonds. The number of hydrogen-bond acceptors (Lipinski definition) is 4. The monoisotopic (exact) mass is 1050 g/mol. The fourth-order valence-electron chi connectivity index (χ4n) is 15.6. The molecule has 0 radical (unpaired) electrons. The molecule has 1 atom stereocenters. The lowest BCUT2D eigenvalue weighted by atomic mass is 9.34. The molecule has 3 heterocycles. The maximum atomic E-state index is 2.85. The third-order valence-electron chi connectivity index (χ3n) is 20.7. The molecule has 0 bridgehead atoms. The summed E-state index contributed by atoms with van der Waals surface area (Å²) in [6, 6.07) is 48.5. The summed E-state index contributed by atoms with van der Waals surface area (Å²) in [5, 5.41) is 1.41. The van der Waals surface area contributed by atoms with Crippen molar-refractivity contribution in [3.05, 3.63) is 189 Å². The summed E-state index contributed by atoms with van der Waals surface area (Å²) in [4.78, 5) is 8.29. The molecule has 5 heteroatoms. The van der Waals surface area contributed by atoms with Gasteiger partial charge < -0.3 is 14.7 Å². The molecular weight excluding hydrogens is 962 g/mol. The lowest BCUT2D eigenvalue weighted by Gasteiger charge is -2.50. The van der Waals surface area contributed by atoms with Crippen LogP contribution in [0, 0.1) is 6.92 Å². The molecule has 2 aliphatic heterocycles. The SMILES string of the molecule is Cc1cc2c(cc1N1C3=CC(N(c4ccccc4)c4ccccc4)CC4=C3B(c3ccc(C(C)C)cc31)c1sc3cc5c(cc3c1N4c1ccc3c(c1)C(C)(C)CCCC3(C)C)C(C)(C)CCC5(C)C)C(C)(C)CCC2(C)C. The molecule has 400 valence electrons. The van der Waals surface area contributed by atoms with E-state index in [9.17, 15) is 0 Å². The number of nitrogens with zero attached hydrogens (tertiary/aromatic N) is 3. The van der Waals surface area contributed by atoms with Crippen LogP contribution in [0.1, 0.15) is 199 Å². The van der Waals surface area contributed by atoms with Gasteiger partial charge in [0.05, 0.1) is 11.7 Å². The van der Waals surface area contributed by atoms with Gasteiger partial charge in [0.15, 0.2) is 0 Å². The van der Waals surface area contributed by atoms with Crippen LogP contribution in [0.25, 0.3) is 10.1 Å². The molecule has 13 rings (SSSR count). The molecule has 6 aliphatic rings. The van der Waals surface area contributed by atoms with Gasteiger partial charge in [-0.05, 0) is 206 Å². The molecule has 7 aromatic rings. The second-order valence-electron chi connectivity index (χ2n) is 29.1. The molecule has 6 aromatic carbocycles. The van der Waals surface area contributed by atoms with Crippen molar-refractivity contribution in [2.45, 2.75) is 200 Å². The first-order chi connectivity index (χ1) is 36.9. The largest absolute Gasteiger partial charge is 0.334 e. The van der Waals surface area contributed by atoms with Crippen molar-refractivity contribution < 1.29 is 0 Å². The quantitative estimate of drug-likeness (QED) is 0.121. The first kappa shape index (κ1) is 51.6. The molecule has 1 unspecified atom stereocenters. The van der Waals surface area contributed by atoms with E-state index in [1.54, 1.807) is 0 Å². The van der Waals surface area contributed by atoms with Gasteiger partial charge in [0, 0.05) is 61.1 Å². The van der Waals surface area contributed by atoms with Crippen molar-refractivity contribution in [1.29, 1.82) is 0 Å². The summed E-state index contributed by atoms with van der Waals surface area (Å²) in [7, 11) is 0. The Morgan fingerprint density at radius 2 is 1.08 bits per heavy atom. The zero-order valence-electron chi connectivity index (χ0n) is 49.8. The lowest BCUT2D eigenvalue weighted by molar-refractivity contribution is 0.332. The Kier molecular flexibility index (Phi) is 11.7. The minimum atomic E-state index is -0.0208. The van der Waals surface area contributed by atoms with Crippen LogP contribution >= 0.6 is 11.3 Å². The van der Waals surface area contributed by atoms with E-state index in [4.69, 9.17) is 0 Å². The van der Waals surface area contributed by atoms with Gasteiger partial charge in [-0.3, -0.25) is 0 Å². The predicted molar refractivity (Wildman–Crippen MR) is 338 cm³/mol. The van der Waals surface area contributed by atoms with Gasteiger partial charge in [-0.2, -0.15) is 0 Å². The van der Waals surface area contributed by atoms with E-state index in [1.165, 1.54) is 161 Å². The van der Waals surface area contributed by atoms with Crippen LogP contribution in [0.2, 0.25) is 0 Å². The van der Waals surface area contributed by atoms with Crippen molar-refractivity contribution in [3.63, 3.8) is 0 Å². The smallest absolute Gasteiger partial charge is 0.264 e. The Labute approximate surface area is 472 Å². The summed E-state index contributed by atoms with van der Waals surface area (Å²) >= 11 is 2.09. The van der Waals surface area contributed by atoms with E-state index in [0.29, 0.717) is 5.92 Å². The Hall–Kier alpha value is -5.78. The highest BCUT2D eigenvalue weighted by Gasteiger charge is 2.51. The zero-order chi connectivity index (χ0) is 54.8. The maximum Gasteiger partial charge on any atom is 0.264 e. The first-order valence-corrected chi connectivity index (χ1v) is 30.7. The second kappa shape index (κ2) is 17.6. The molecular formula is C73H84BN3S. The fourth-order valence-corrected chi connectivity index (χ4v) is 16.9. The van der Waals surface area contributed by atoms with Gasteiger partial charge in [0.1, 0.15) is 0 Å². The number of hydrogen-bond donors (Lipinski definition) is 0.